The molecule has 1 saturated heterocycles. The summed E-state index contributed by atoms with van der Waals surface area (Å²) < 4.78 is 2.20. The lowest BCUT2D eigenvalue weighted by Crippen LogP contribution is -2.47. The quantitative estimate of drug-likeness (QED) is 0.619. The molecular formula is C24H26N2. The fourth-order valence-electron chi connectivity index (χ4n) is 4.85. The van der Waals surface area contributed by atoms with Crippen LogP contribution in [-0.4, -0.2) is 21.6 Å². The zero-order valence-corrected chi connectivity index (χ0v) is 15.4. The average Bonchev–Trinajstić information content (AvgIpc) is 3.03. The maximum atomic E-state index is 2.74. The van der Waals surface area contributed by atoms with Crippen molar-refractivity contribution in [3.05, 3.63) is 78.0 Å². The molecule has 0 radical (unpaired) electrons. The number of hydrogen-bond donors (Lipinski definition) is 0. The normalized spacial score (nSPS) is 23.2. The zero-order chi connectivity index (χ0) is 17.5. The molecule has 0 N–H and O–H groups in total. The van der Waals surface area contributed by atoms with Gasteiger partial charge in [-0.1, -0.05) is 48.9 Å². The third kappa shape index (κ3) is 2.79. The van der Waals surface area contributed by atoms with Crippen LogP contribution in [0, 0.1) is 0 Å². The number of rotatable bonds is 3. The van der Waals surface area contributed by atoms with E-state index in [9.17, 15) is 0 Å². The Kier molecular flexibility index (Phi) is 3.94. The van der Waals surface area contributed by atoms with Gasteiger partial charge in [0.2, 0.25) is 0 Å². The predicted octanol–water partition coefficient (Wildman–Crippen LogP) is 5.39. The first kappa shape index (κ1) is 15.9. The molecule has 0 saturated carbocycles. The van der Waals surface area contributed by atoms with Gasteiger partial charge in [0.1, 0.15) is 0 Å². The predicted molar refractivity (Wildman–Crippen MR) is 109 cm³/mol. The molecule has 2 nitrogen and oxygen atoms in total. The molecule has 2 bridgehead atoms. The zero-order valence-electron chi connectivity index (χ0n) is 15.4. The highest BCUT2D eigenvalue weighted by molar-refractivity contribution is 5.85. The summed E-state index contributed by atoms with van der Waals surface area (Å²) in [5, 5.41) is 1.35. The lowest BCUT2D eigenvalue weighted by atomic mass is 9.82. The van der Waals surface area contributed by atoms with Crippen molar-refractivity contribution in [3.63, 3.8) is 0 Å². The first-order valence-electron chi connectivity index (χ1n) is 9.84. The molecule has 0 spiro atoms. The minimum absolute atomic E-state index is 0.587. The molecule has 1 aromatic heterocycles. The molecule has 0 aliphatic carbocycles. The van der Waals surface area contributed by atoms with Gasteiger partial charge in [-0.15, -0.1) is 0 Å². The number of benzene rings is 2. The first-order chi connectivity index (χ1) is 12.8. The molecule has 5 rings (SSSR count). The molecule has 2 unspecified atom stereocenters. The van der Waals surface area contributed by atoms with E-state index in [4.69, 9.17) is 0 Å². The molecule has 0 amide bonds. The van der Waals surface area contributed by atoms with Gasteiger partial charge in [0.25, 0.3) is 0 Å². The molecule has 2 aliphatic rings. The smallest absolute Gasteiger partial charge is 0.0478 e. The van der Waals surface area contributed by atoms with Crippen molar-refractivity contribution in [2.45, 2.75) is 44.3 Å². The van der Waals surface area contributed by atoms with Crippen LogP contribution in [0.1, 0.15) is 36.8 Å². The third-order valence-corrected chi connectivity index (χ3v) is 6.25. The van der Waals surface area contributed by atoms with Gasteiger partial charge in [0.15, 0.2) is 0 Å². The Morgan fingerprint density at radius 3 is 2.73 bits per heavy atom. The van der Waals surface area contributed by atoms with Gasteiger partial charge in [-0.3, -0.25) is 4.90 Å². The Hall–Kier alpha value is -2.32. The highest BCUT2D eigenvalue weighted by Gasteiger charge is 2.34. The van der Waals surface area contributed by atoms with Crippen molar-refractivity contribution in [1.82, 2.24) is 9.47 Å². The van der Waals surface area contributed by atoms with Gasteiger partial charge in [-0.25, -0.2) is 0 Å². The molecule has 2 heteroatoms. The average molecular weight is 342 g/mol. The van der Waals surface area contributed by atoms with E-state index in [1.54, 1.807) is 5.57 Å². The fraction of sp³-hybridized carbons (Fsp3) is 0.333. The Morgan fingerprint density at radius 1 is 1.00 bits per heavy atom. The minimum atomic E-state index is 0.587. The summed E-state index contributed by atoms with van der Waals surface area (Å²) in [6.45, 7) is 1.08. The van der Waals surface area contributed by atoms with Crippen LogP contribution in [0.15, 0.2) is 66.9 Å². The second-order valence-corrected chi connectivity index (χ2v) is 7.91. The summed E-state index contributed by atoms with van der Waals surface area (Å²) in [5.74, 6) is 0. The molecule has 3 heterocycles. The van der Waals surface area contributed by atoms with Crippen LogP contribution >= 0.6 is 0 Å². The Labute approximate surface area is 155 Å². The topological polar surface area (TPSA) is 8.17 Å². The fourth-order valence-corrected chi connectivity index (χ4v) is 4.85. The van der Waals surface area contributed by atoms with Gasteiger partial charge in [-0.2, -0.15) is 0 Å². The van der Waals surface area contributed by atoms with E-state index in [-0.39, 0.29) is 0 Å². The number of fused-ring (bicyclic) bond motifs is 3. The van der Waals surface area contributed by atoms with E-state index in [1.165, 1.54) is 47.7 Å². The van der Waals surface area contributed by atoms with E-state index in [1.807, 2.05) is 0 Å². The van der Waals surface area contributed by atoms with Gasteiger partial charge in [-0.05, 0) is 54.2 Å². The number of nitrogens with zero attached hydrogens (tertiary/aromatic N) is 2. The molecule has 2 atom stereocenters. The molecule has 26 heavy (non-hydrogen) atoms. The largest absolute Gasteiger partial charge is 0.351 e. The van der Waals surface area contributed by atoms with E-state index < -0.39 is 0 Å². The van der Waals surface area contributed by atoms with E-state index in [0.29, 0.717) is 12.1 Å². The maximum Gasteiger partial charge on any atom is 0.0478 e. The molecule has 2 aliphatic heterocycles. The first-order valence-corrected chi connectivity index (χ1v) is 9.84. The van der Waals surface area contributed by atoms with Gasteiger partial charge < -0.3 is 4.57 Å². The van der Waals surface area contributed by atoms with E-state index in [0.717, 1.165) is 6.54 Å². The summed E-state index contributed by atoms with van der Waals surface area (Å²) in [7, 11) is 2.12. The van der Waals surface area contributed by atoms with Crippen LogP contribution in [0.2, 0.25) is 0 Å². The van der Waals surface area contributed by atoms with Crippen LogP contribution in [0.3, 0.4) is 0 Å². The lowest BCUT2D eigenvalue weighted by molar-refractivity contribution is 0.0951. The Balaban J connectivity index is 1.45. The van der Waals surface area contributed by atoms with E-state index in [2.05, 4.69) is 83.4 Å². The van der Waals surface area contributed by atoms with Crippen LogP contribution in [0.25, 0.3) is 16.5 Å². The monoisotopic (exact) mass is 342 g/mol. The standard InChI is InChI=1S/C24H26N2/c1-25-13-12-20-14-19(10-11-24(20)25)21-15-22-8-5-9-23(16-21)26(22)17-18-6-3-2-4-7-18/h2-4,6-7,10-15,22-23H,5,8-9,16-17H2,1H3. The Morgan fingerprint density at radius 2 is 1.88 bits per heavy atom. The van der Waals surface area contributed by atoms with Crippen LogP contribution in [0.5, 0.6) is 0 Å². The lowest BCUT2D eigenvalue weighted by Gasteiger charge is -2.45. The second kappa shape index (κ2) is 6.44. The minimum Gasteiger partial charge on any atom is -0.351 e. The van der Waals surface area contributed by atoms with Crippen LogP contribution < -0.4 is 0 Å². The van der Waals surface area contributed by atoms with Crippen molar-refractivity contribution in [2.24, 2.45) is 7.05 Å². The van der Waals surface area contributed by atoms with Gasteiger partial charge in [0, 0.05) is 42.8 Å². The third-order valence-electron chi connectivity index (χ3n) is 6.25. The number of hydrogen-bond acceptors (Lipinski definition) is 1. The molecule has 2 aromatic carbocycles. The summed E-state index contributed by atoms with van der Waals surface area (Å²) in [6, 6.07) is 21.4. The SMILES string of the molecule is Cn1ccc2cc(C3=CC4CCCC(C3)N4Cc3ccccc3)ccc21. The number of aromatic nitrogens is 1. The van der Waals surface area contributed by atoms with Crippen molar-refractivity contribution in [1.29, 1.82) is 0 Å². The highest BCUT2D eigenvalue weighted by Crippen LogP contribution is 2.38. The summed E-state index contributed by atoms with van der Waals surface area (Å²) in [6.07, 6.45) is 9.88. The van der Waals surface area contributed by atoms with Gasteiger partial charge in [0.05, 0.1) is 0 Å². The van der Waals surface area contributed by atoms with Crippen molar-refractivity contribution in [3.8, 4) is 0 Å². The highest BCUT2D eigenvalue weighted by atomic mass is 15.2. The van der Waals surface area contributed by atoms with Crippen molar-refractivity contribution < 1.29 is 0 Å². The number of aryl methyl sites for hydroxylation is 1. The summed E-state index contributed by atoms with van der Waals surface area (Å²) >= 11 is 0. The molecule has 132 valence electrons. The van der Waals surface area contributed by atoms with Gasteiger partial charge >= 0.3 is 0 Å². The summed E-state index contributed by atoms with van der Waals surface area (Å²) in [4.78, 5) is 2.74. The second-order valence-electron chi connectivity index (χ2n) is 7.91. The van der Waals surface area contributed by atoms with Crippen molar-refractivity contribution in [2.75, 3.05) is 0 Å². The van der Waals surface area contributed by atoms with Crippen LogP contribution in [0.4, 0.5) is 0 Å². The molecule has 1 fully saturated rings. The number of piperidine rings is 1. The van der Waals surface area contributed by atoms with Crippen molar-refractivity contribution >= 4 is 16.5 Å². The summed E-state index contributed by atoms with van der Waals surface area (Å²) in [5.41, 5.74) is 5.72. The Bertz CT molecular complexity index is 951. The van der Waals surface area contributed by atoms with Crippen LogP contribution in [-0.2, 0) is 13.6 Å². The molecule has 3 aromatic rings. The van der Waals surface area contributed by atoms with E-state index >= 15 is 0 Å². The molecular weight excluding hydrogens is 316 g/mol. The maximum absolute atomic E-state index is 2.74.